The molecule has 0 amide bonds. The largest absolute Gasteiger partial charge is 0.370 e. The van der Waals surface area contributed by atoms with Gasteiger partial charge in [0.15, 0.2) is 5.96 Å². The van der Waals surface area contributed by atoms with Crippen molar-refractivity contribution >= 4 is 29.9 Å². The molecule has 0 spiro atoms. The van der Waals surface area contributed by atoms with E-state index in [1.807, 2.05) is 0 Å². The van der Waals surface area contributed by atoms with Gasteiger partial charge in [-0.2, -0.15) is 0 Å². The van der Waals surface area contributed by atoms with Gasteiger partial charge in [-0.15, -0.1) is 24.0 Å². The summed E-state index contributed by atoms with van der Waals surface area (Å²) in [6.07, 6.45) is 6.56. The smallest absolute Gasteiger partial charge is 0.188 e. The third-order valence-electron chi connectivity index (χ3n) is 3.75. The van der Waals surface area contributed by atoms with Gasteiger partial charge in [0.1, 0.15) is 0 Å². The summed E-state index contributed by atoms with van der Waals surface area (Å²) < 4.78 is 0. The molecule has 0 aromatic heterocycles. The summed E-state index contributed by atoms with van der Waals surface area (Å²) in [5.41, 5.74) is 5.80. The minimum absolute atomic E-state index is 0. The summed E-state index contributed by atoms with van der Waals surface area (Å²) in [5, 5.41) is 3.20. The Morgan fingerprint density at radius 2 is 2.10 bits per heavy atom. The van der Waals surface area contributed by atoms with Gasteiger partial charge in [0.05, 0.1) is 0 Å². The Morgan fingerprint density at radius 3 is 2.75 bits per heavy atom. The molecule has 0 aliphatic carbocycles. The Balaban J connectivity index is 0.00000361. The highest BCUT2D eigenvalue weighted by Crippen LogP contribution is 2.16. The van der Waals surface area contributed by atoms with Crippen molar-refractivity contribution < 1.29 is 0 Å². The van der Waals surface area contributed by atoms with E-state index >= 15 is 0 Å². The van der Waals surface area contributed by atoms with E-state index in [2.05, 4.69) is 36.0 Å². The highest BCUT2D eigenvalue weighted by atomic mass is 127. The second-order valence-corrected chi connectivity index (χ2v) is 6.13. The van der Waals surface area contributed by atoms with E-state index in [-0.39, 0.29) is 24.0 Å². The summed E-state index contributed by atoms with van der Waals surface area (Å²) in [6.45, 7) is 10.9. The molecule has 1 heterocycles. The standard InChI is InChI=1S/C15H32N4.HI/c1-13(2)12-18-15(16)17-9-5-7-11-19-10-6-4-8-14(19)3;/h13-14H,4-12H2,1-3H3,(H3,16,17,18);1H. The van der Waals surface area contributed by atoms with E-state index < -0.39 is 0 Å². The van der Waals surface area contributed by atoms with Crippen molar-refractivity contribution in [1.82, 2.24) is 10.2 Å². The van der Waals surface area contributed by atoms with Crippen LogP contribution in [0.2, 0.25) is 0 Å². The van der Waals surface area contributed by atoms with Crippen LogP contribution < -0.4 is 11.1 Å². The monoisotopic (exact) mass is 396 g/mol. The van der Waals surface area contributed by atoms with Gasteiger partial charge in [-0.3, -0.25) is 4.99 Å². The third kappa shape index (κ3) is 9.00. The number of hydrogen-bond acceptors (Lipinski definition) is 2. The molecule has 0 aromatic rings. The number of nitrogens with zero attached hydrogens (tertiary/aromatic N) is 2. The molecular formula is C15H33IN4. The number of nitrogens with one attached hydrogen (secondary N) is 1. The van der Waals surface area contributed by atoms with Gasteiger partial charge in [0.25, 0.3) is 0 Å². The maximum absolute atomic E-state index is 5.80. The molecule has 1 aliphatic rings. The van der Waals surface area contributed by atoms with Crippen molar-refractivity contribution in [2.24, 2.45) is 16.6 Å². The third-order valence-corrected chi connectivity index (χ3v) is 3.75. The molecule has 0 saturated carbocycles. The fraction of sp³-hybridized carbons (Fsp3) is 0.933. The Morgan fingerprint density at radius 1 is 1.35 bits per heavy atom. The zero-order chi connectivity index (χ0) is 14.1. The average molecular weight is 396 g/mol. The highest BCUT2D eigenvalue weighted by Gasteiger charge is 2.16. The molecule has 1 unspecified atom stereocenters. The Kier molecular flexibility index (Phi) is 11.6. The normalized spacial score (nSPS) is 20.8. The van der Waals surface area contributed by atoms with E-state index in [0.29, 0.717) is 11.9 Å². The first-order chi connectivity index (χ1) is 9.09. The van der Waals surface area contributed by atoms with E-state index in [9.17, 15) is 0 Å². The SMILES string of the molecule is CC(C)CN=C(N)NCCCCN1CCCCC1C.I. The van der Waals surface area contributed by atoms with Crippen LogP contribution in [0.4, 0.5) is 0 Å². The molecule has 1 rings (SSSR count). The zero-order valence-electron chi connectivity index (χ0n) is 13.4. The summed E-state index contributed by atoms with van der Waals surface area (Å²) in [5.74, 6) is 1.17. The molecule has 120 valence electrons. The van der Waals surface area contributed by atoms with Crippen molar-refractivity contribution in [2.75, 3.05) is 26.2 Å². The lowest BCUT2D eigenvalue weighted by Gasteiger charge is -2.33. The number of piperidine rings is 1. The summed E-state index contributed by atoms with van der Waals surface area (Å²) in [6, 6.07) is 0.777. The predicted octanol–water partition coefficient (Wildman–Crippen LogP) is 2.82. The van der Waals surface area contributed by atoms with E-state index in [4.69, 9.17) is 5.73 Å². The van der Waals surface area contributed by atoms with Crippen LogP contribution in [-0.2, 0) is 0 Å². The van der Waals surface area contributed by atoms with Gasteiger partial charge < -0.3 is 16.0 Å². The van der Waals surface area contributed by atoms with E-state index in [1.54, 1.807) is 0 Å². The predicted molar refractivity (Wildman–Crippen MR) is 98.9 cm³/mol. The lowest BCUT2D eigenvalue weighted by atomic mass is 10.0. The number of likely N-dealkylation sites (tertiary alicyclic amines) is 1. The number of unbranched alkanes of at least 4 members (excludes halogenated alkanes) is 1. The molecule has 0 bridgehead atoms. The summed E-state index contributed by atoms with van der Waals surface area (Å²) >= 11 is 0. The first-order valence-corrected chi connectivity index (χ1v) is 7.87. The number of guanidine groups is 1. The van der Waals surface area contributed by atoms with Crippen LogP contribution in [0.5, 0.6) is 0 Å². The van der Waals surface area contributed by atoms with Gasteiger partial charge in [-0.1, -0.05) is 20.3 Å². The molecule has 1 saturated heterocycles. The molecule has 20 heavy (non-hydrogen) atoms. The van der Waals surface area contributed by atoms with Crippen molar-refractivity contribution in [3.05, 3.63) is 0 Å². The topological polar surface area (TPSA) is 53.6 Å². The number of nitrogens with two attached hydrogens (primary N) is 1. The van der Waals surface area contributed by atoms with Crippen LogP contribution in [0.1, 0.15) is 52.9 Å². The Labute approximate surface area is 142 Å². The molecule has 1 fully saturated rings. The highest BCUT2D eigenvalue weighted by molar-refractivity contribution is 14.0. The Hall–Kier alpha value is -0.0400. The number of rotatable bonds is 7. The fourth-order valence-electron chi connectivity index (χ4n) is 2.48. The molecular weight excluding hydrogens is 363 g/mol. The van der Waals surface area contributed by atoms with Gasteiger partial charge in [0.2, 0.25) is 0 Å². The maximum Gasteiger partial charge on any atom is 0.188 e. The minimum atomic E-state index is 0. The molecule has 3 N–H and O–H groups in total. The van der Waals surface area contributed by atoms with Crippen molar-refractivity contribution in [3.8, 4) is 0 Å². The number of hydrogen-bond donors (Lipinski definition) is 2. The van der Waals surface area contributed by atoms with Gasteiger partial charge >= 0.3 is 0 Å². The second kappa shape index (κ2) is 11.6. The zero-order valence-corrected chi connectivity index (χ0v) is 15.7. The van der Waals surface area contributed by atoms with Crippen LogP contribution in [-0.4, -0.2) is 43.1 Å². The first-order valence-electron chi connectivity index (χ1n) is 7.87. The molecule has 5 heteroatoms. The van der Waals surface area contributed by atoms with Gasteiger partial charge in [-0.05, 0) is 51.6 Å². The molecule has 0 radical (unpaired) electrons. The van der Waals surface area contributed by atoms with Crippen LogP contribution in [0.25, 0.3) is 0 Å². The molecule has 1 aliphatic heterocycles. The molecule has 1 atom stereocenters. The summed E-state index contributed by atoms with van der Waals surface area (Å²) in [4.78, 5) is 6.92. The lowest BCUT2D eigenvalue weighted by Crippen LogP contribution is -2.38. The van der Waals surface area contributed by atoms with Crippen LogP contribution in [0.3, 0.4) is 0 Å². The number of halogens is 1. The number of aliphatic imine (C=N–C) groups is 1. The lowest BCUT2D eigenvalue weighted by molar-refractivity contribution is 0.158. The van der Waals surface area contributed by atoms with Crippen molar-refractivity contribution in [3.63, 3.8) is 0 Å². The van der Waals surface area contributed by atoms with Gasteiger partial charge in [0, 0.05) is 19.1 Å². The summed E-state index contributed by atoms with van der Waals surface area (Å²) in [7, 11) is 0. The minimum Gasteiger partial charge on any atom is -0.370 e. The van der Waals surface area contributed by atoms with Crippen molar-refractivity contribution in [1.29, 1.82) is 0 Å². The van der Waals surface area contributed by atoms with E-state index in [1.165, 1.54) is 45.2 Å². The van der Waals surface area contributed by atoms with Crippen LogP contribution in [0.15, 0.2) is 4.99 Å². The maximum atomic E-state index is 5.80. The molecule has 0 aromatic carbocycles. The van der Waals surface area contributed by atoms with E-state index in [0.717, 1.165) is 19.1 Å². The second-order valence-electron chi connectivity index (χ2n) is 6.13. The average Bonchev–Trinajstić information content (AvgIpc) is 2.38. The first kappa shape index (κ1) is 20.0. The molecule has 4 nitrogen and oxygen atoms in total. The quantitative estimate of drug-likeness (QED) is 0.301. The fourth-order valence-corrected chi connectivity index (χ4v) is 2.48. The van der Waals surface area contributed by atoms with Crippen LogP contribution in [0, 0.1) is 5.92 Å². The van der Waals surface area contributed by atoms with Crippen molar-refractivity contribution in [2.45, 2.75) is 58.9 Å². The van der Waals surface area contributed by atoms with Gasteiger partial charge in [-0.25, -0.2) is 0 Å². The van der Waals surface area contributed by atoms with Crippen LogP contribution >= 0.6 is 24.0 Å². The Bertz CT molecular complexity index is 269.